The number of likely N-dealkylation sites (N-methyl/N-ethyl adjacent to an activating group) is 1. The molecule has 0 radical (unpaired) electrons. The topological polar surface area (TPSA) is 47.6 Å². The fraction of sp³-hybridized carbons (Fsp3) is 0.480. The molecule has 32 heavy (non-hydrogen) atoms. The van der Waals surface area contributed by atoms with E-state index in [-0.39, 0.29) is 24.2 Å². The first-order chi connectivity index (χ1) is 15.5. The Morgan fingerprint density at radius 3 is 2.81 bits per heavy atom. The minimum Gasteiger partial charge on any atom is -0.344 e. The number of halogens is 1. The molecule has 2 aromatic rings. The van der Waals surface area contributed by atoms with Gasteiger partial charge in [-0.3, -0.25) is 15.4 Å². The molecule has 3 heterocycles. The summed E-state index contributed by atoms with van der Waals surface area (Å²) in [5, 5.41) is 9.46. The van der Waals surface area contributed by atoms with E-state index in [0.717, 1.165) is 36.5 Å². The molecule has 1 aromatic carbocycles. The van der Waals surface area contributed by atoms with Crippen molar-refractivity contribution in [3.63, 3.8) is 0 Å². The van der Waals surface area contributed by atoms with Crippen LogP contribution in [0.4, 0.5) is 5.00 Å². The van der Waals surface area contributed by atoms with Crippen LogP contribution in [0.2, 0.25) is 5.02 Å². The van der Waals surface area contributed by atoms with E-state index in [9.17, 15) is 4.79 Å². The van der Waals surface area contributed by atoms with Crippen LogP contribution < -0.4 is 15.5 Å². The molecule has 2 N–H and O–H groups in total. The number of hydrogen-bond acceptors (Lipinski definition) is 5. The number of carbonyl (C=O) groups is 1. The van der Waals surface area contributed by atoms with Crippen LogP contribution in [-0.2, 0) is 11.2 Å². The predicted molar refractivity (Wildman–Crippen MR) is 134 cm³/mol. The highest BCUT2D eigenvalue weighted by molar-refractivity contribution is 7.17. The maximum absolute atomic E-state index is 13.7. The van der Waals surface area contributed by atoms with Crippen molar-refractivity contribution < 1.29 is 4.79 Å². The lowest BCUT2D eigenvalue weighted by Gasteiger charge is -2.33. The number of carbonyl (C=O) groups excluding carboxylic acids is 1. The minimum atomic E-state index is -0.353. The van der Waals surface area contributed by atoms with Gasteiger partial charge >= 0.3 is 0 Å². The third kappa shape index (κ3) is 3.48. The molecule has 1 saturated heterocycles. The number of allylic oxidation sites excluding steroid dienone is 2. The smallest absolute Gasteiger partial charge is 0.243 e. The first-order valence-corrected chi connectivity index (χ1v) is 12.9. The molecular weight excluding hydrogens is 440 g/mol. The first-order valence-electron chi connectivity index (χ1n) is 11.7. The number of benzene rings is 1. The van der Waals surface area contributed by atoms with Crippen molar-refractivity contribution >= 4 is 39.4 Å². The molecule has 3 atom stereocenters. The zero-order chi connectivity index (χ0) is 22.4. The zero-order valence-electron chi connectivity index (χ0n) is 19.0. The highest BCUT2D eigenvalue weighted by atomic mass is 35.5. The Morgan fingerprint density at radius 2 is 2.06 bits per heavy atom. The Kier molecular flexibility index (Phi) is 6.05. The van der Waals surface area contributed by atoms with Gasteiger partial charge < -0.3 is 9.80 Å². The average molecular weight is 471 g/mol. The van der Waals surface area contributed by atoms with Crippen molar-refractivity contribution in [2.24, 2.45) is 0 Å². The maximum Gasteiger partial charge on any atom is 0.243 e. The van der Waals surface area contributed by atoms with Gasteiger partial charge in [-0.25, -0.2) is 0 Å². The quantitative estimate of drug-likeness (QED) is 0.694. The van der Waals surface area contributed by atoms with Crippen molar-refractivity contribution in [2.45, 2.75) is 51.9 Å². The van der Waals surface area contributed by atoms with Gasteiger partial charge in [0.15, 0.2) is 0 Å². The molecular formula is C25H31ClN4OS. The fourth-order valence-corrected chi connectivity index (χ4v) is 7.11. The molecule has 1 aromatic heterocycles. The predicted octanol–water partition coefficient (Wildman–Crippen LogP) is 4.42. The van der Waals surface area contributed by atoms with Crippen LogP contribution in [0.5, 0.6) is 0 Å². The van der Waals surface area contributed by atoms with E-state index < -0.39 is 0 Å². The molecule has 5 nitrogen and oxygen atoms in total. The van der Waals surface area contributed by atoms with Crippen LogP contribution in [-0.4, -0.2) is 49.2 Å². The van der Waals surface area contributed by atoms with Gasteiger partial charge in [0, 0.05) is 41.6 Å². The largest absolute Gasteiger partial charge is 0.344 e. The Balaban J connectivity index is 1.70. The second-order valence-electron chi connectivity index (χ2n) is 8.76. The number of anilines is 1. The third-order valence-corrected chi connectivity index (χ3v) is 8.81. The lowest BCUT2D eigenvalue weighted by atomic mass is 9.89. The van der Waals surface area contributed by atoms with Crippen molar-refractivity contribution in [1.29, 1.82) is 0 Å². The van der Waals surface area contributed by atoms with Crippen LogP contribution in [0.3, 0.4) is 0 Å². The summed E-state index contributed by atoms with van der Waals surface area (Å²) in [7, 11) is 0. The van der Waals surface area contributed by atoms with E-state index in [4.69, 9.17) is 11.6 Å². The van der Waals surface area contributed by atoms with Gasteiger partial charge in [-0.2, -0.15) is 0 Å². The molecule has 170 valence electrons. The van der Waals surface area contributed by atoms with E-state index in [1.54, 1.807) is 0 Å². The molecule has 3 unspecified atom stereocenters. The van der Waals surface area contributed by atoms with Crippen LogP contribution in [0.25, 0.3) is 5.57 Å². The van der Waals surface area contributed by atoms with Crippen LogP contribution in [0.15, 0.2) is 30.3 Å². The van der Waals surface area contributed by atoms with Crippen LogP contribution in [0.1, 0.15) is 54.8 Å². The highest BCUT2D eigenvalue weighted by Crippen LogP contribution is 2.49. The Bertz CT molecular complexity index is 1060. The average Bonchev–Trinajstić information content (AvgIpc) is 3.39. The number of amides is 1. The minimum absolute atomic E-state index is 0.0706. The monoisotopic (exact) mass is 470 g/mol. The number of rotatable bonds is 4. The summed E-state index contributed by atoms with van der Waals surface area (Å²) in [5.74, 6) is 0.150. The van der Waals surface area contributed by atoms with E-state index in [1.807, 2.05) is 48.3 Å². The first kappa shape index (κ1) is 22.0. The van der Waals surface area contributed by atoms with Gasteiger partial charge in [0.1, 0.15) is 12.2 Å². The molecule has 0 saturated carbocycles. The summed E-state index contributed by atoms with van der Waals surface area (Å²) in [6.45, 7) is 9.51. The summed E-state index contributed by atoms with van der Waals surface area (Å²) >= 11 is 8.63. The molecule has 7 heteroatoms. The van der Waals surface area contributed by atoms with Crippen LogP contribution >= 0.6 is 22.9 Å². The number of nitrogens with one attached hydrogen (secondary N) is 2. The number of nitrogens with zero attached hydrogens (tertiary/aromatic N) is 2. The van der Waals surface area contributed by atoms with Gasteiger partial charge in [-0.1, -0.05) is 35.9 Å². The number of hydrogen-bond donors (Lipinski definition) is 2. The maximum atomic E-state index is 13.7. The molecule has 0 bridgehead atoms. The summed E-state index contributed by atoms with van der Waals surface area (Å²) in [6.07, 6.45) is 4.36. The van der Waals surface area contributed by atoms with Gasteiger partial charge in [-0.15, -0.1) is 11.3 Å². The standard InChI is InChI=1S/C25H31ClN4OS/c1-4-29(5-2)24(31)21-23-27-13-14-30(23)25-19(17-11-8-9-15(3)22(17)32-25)20(28-21)16-10-6-7-12-18(16)26/h6-7,9-10,12,20-21,23,27-28H,4-5,8,11,13-14H2,1-3H3. The Morgan fingerprint density at radius 1 is 1.28 bits per heavy atom. The van der Waals surface area contributed by atoms with Gasteiger partial charge in [0.25, 0.3) is 0 Å². The molecule has 0 spiro atoms. The SMILES string of the molecule is CCN(CC)C(=O)C1NC(c2ccccc2Cl)c2c(sc3c2CCC=C3C)N2CCNC12. The lowest BCUT2D eigenvalue weighted by Crippen LogP contribution is -2.59. The van der Waals surface area contributed by atoms with E-state index >= 15 is 0 Å². The fourth-order valence-electron chi connectivity index (χ4n) is 5.42. The van der Waals surface area contributed by atoms with E-state index in [1.165, 1.54) is 26.6 Å². The van der Waals surface area contributed by atoms with E-state index in [0.29, 0.717) is 13.1 Å². The van der Waals surface area contributed by atoms with Crippen LogP contribution in [0, 0.1) is 0 Å². The third-order valence-electron chi connectivity index (χ3n) is 7.04. The Labute approximate surface area is 199 Å². The second-order valence-corrected chi connectivity index (χ2v) is 10.2. The van der Waals surface area contributed by atoms with Crippen molar-refractivity contribution in [3.8, 4) is 0 Å². The molecule has 5 rings (SSSR count). The van der Waals surface area contributed by atoms with Crippen molar-refractivity contribution in [1.82, 2.24) is 15.5 Å². The Hall–Kier alpha value is -1.86. The van der Waals surface area contributed by atoms with Gasteiger partial charge in [-0.05, 0) is 56.4 Å². The van der Waals surface area contributed by atoms with Crippen molar-refractivity contribution in [2.75, 3.05) is 31.1 Å². The molecule has 1 amide bonds. The molecule has 1 fully saturated rings. The summed E-state index contributed by atoms with van der Waals surface area (Å²) in [4.78, 5) is 19.4. The van der Waals surface area contributed by atoms with Crippen molar-refractivity contribution in [3.05, 3.63) is 56.9 Å². The highest BCUT2D eigenvalue weighted by Gasteiger charge is 2.45. The van der Waals surface area contributed by atoms with Gasteiger partial charge in [0.2, 0.25) is 5.91 Å². The summed E-state index contributed by atoms with van der Waals surface area (Å²) in [5.41, 5.74) is 5.14. The van der Waals surface area contributed by atoms with Gasteiger partial charge in [0.05, 0.1) is 11.0 Å². The number of fused-ring (bicyclic) bond motifs is 5. The lowest BCUT2D eigenvalue weighted by molar-refractivity contribution is -0.133. The molecule has 3 aliphatic rings. The second kappa shape index (κ2) is 8.82. The molecule has 1 aliphatic carbocycles. The van der Waals surface area contributed by atoms with E-state index in [2.05, 4.69) is 34.6 Å². The normalized spacial score (nSPS) is 24.3. The summed E-state index contributed by atoms with van der Waals surface area (Å²) < 4.78 is 0. The molecule has 2 aliphatic heterocycles. The summed E-state index contributed by atoms with van der Waals surface area (Å²) in [6, 6.07) is 7.58. The zero-order valence-corrected chi connectivity index (χ0v) is 20.5. The number of thiophene rings is 1.